The van der Waals surface area contributed by atoms with Crippen LogP contribution in [0.4, 0.5) is 0 Å². The van der Waals surface area contributed by atoms with Crippen molar-refractivity contribution in [3.05, 3.63) is 38.0 Å². The molecule has 0 aliphatic carbocycles. The summed E-state index contributed by atoms with van der Waals surface area (Å²) in [5.41, 5.74) is 0.674. The van der Waals surface area contributed by atoms with Crippen LogP contribution in [0.2, 0.25) is 0 Å². The SMILES string of the molecule is C=CC(=O)OCCCCCCCCOC.C=CCCCCCCOC.C=CCCOC.CCCCCCC(=O)OCC1(C)COC1.CCOCCCCCOCC1(C)COC1.COCCCC(=O)OCC1(C)COC1.COCCOCCOCC1(C)COC1. The Balaban J connectivity index is -0.000000982. The largest absolute Gasteiger partial charge is 0.465 e. The third-order valence-electron chi connectivity index (χ3n) is 13.9. The lowest BCUT2D eigenvalue weighted by molar-refractivity contribution is -0.166. The number of allylic oxidation sites excluding steroid dienone is 1. The van der Waals surface area contributed by atoms with E-state index < -0.39 is 0 Å². The average Bonchev–Trinajstić information content (AvgIpc) is 1.79. The third-order valence-corrected chi connectivity index (χ3v) is 13.9. The van der Waals surface area contributed by atoms with Gasteiger partial charge in [-0.2, -0.15) is 0 Å². The molecular formula is C70H134O19. The van der Waals surface area contributed by atoms with Gasteiger partial charge in [-0.05, 0) is 77.6 Å². The number of unbranched alkanes of at least 4 members (excludes halogenated alkanes) is 14. The Morgan fingerprint density at radius 2 is 0.719 bits per heavy atom. The lowest BCUT2D eigenvalue weighted by Crippen LogP contribution is -2.44. The van der Waals surface area contributed by atoms with Crippen LogP contribution in [0.1, 0.15) is 183 Å². The Hall–Kier alpha value is -2.89. The van der Waals surface area contributed by atoms with Gasteiger partial charge >= 0.3 is 17.9 Å². The maximum absolute atomic E-state index is 11.3. The Morgan fingerprint density at radius 3 is 1.13 bits per heavy atom. The van der Waals surface area contributed by atoms with Gasteiger partial charge in [0.2, 0.25) is 0 Å². The van der Waals surface area contributed by atoms with E-state index in [1.165, 1.54) is 70.3 Å². The summed E-state index contributed by atoms with van der Waals surface area (Å²) in [4.78, 5) is 33.2. The van der Waals surface area contributed by atoms with Gasteiger partial charge in [0.1, 0.15) is 13.2 Å². The van der Waals surface area contributed by atoms with E-state index in [9.17, 15) is 14.4 Å². The van der Waals surface area contributed by atoms with Gasteiger partial charge in [0.25, 0.3) is 0 Å². The highest BCUT2D eigenvalue weighted by atomic mass is 16.6. The molecule has 0 spiro atoms. The molecule has 0 saturated carbocycles. The minimum absolute atomic E-state index is 0.0525. The number of esters is 3. The Bertz CT molecular complexity index is 1570. The van der Waals surface area contributed by atoms with E-state index >= 15 is 0 Å². The summed E-state index contributed by atoms with van der Waals surface area (Å²) in [7, 11) is 8.45. The second-order valence-electron chi connectivity index (χ2n) is 24.5. The van der Waals surface area contributed by atoms with E-state index in [-0.39, 0.29) is 34.2 Å². The molecule has 4 heterocycles. The molecule has 4 aliphatic rings. The molecule has 0 aromatic carbocycles. The Morgan fingerprint density at radius 1 is 0.360 bits per heavy atom. The van der Waals surface area contributed by atoms with Crippen molar-refractivity contribution in [2.45, 2.75) is 183 Å². The summed E-state index contributed by atoms with van der Waals surface area (Å²) in [6.45, 7) is 40.9. The topological polar surface area (TPSA) is 199 Å². The molecule has 0 aromatic heterocycles. The van der Waals surface area contributed by atoms with Crippen molar-refractivity contribution < 1.29 is 90.2 Å². The first-order valence-corrected chi connectivity index (χ1v) is 33.4. The second kappa shape index (κ2) is 66.6. The number of hydrogen-bond acceptors (Lipinski definition) is 19. The highest BCUT2D eigenvalue weighted by molar-refractivity contribution is 5.81. The van der Waals surface area contributed by atoms with Crippen LogP contribution in [-0.4, -0.2) is 212 Å². The van der Waals surface area contributed by atoms with E-state index in [0.29, 0.717) is 84.3 Å². The molecule has 0 bridgehead atoms. The number of carbonyl (C=O) groups is 3. The van der Waals surface area contributed by atoms with E-state index in [1.54, 1.807) is 35.5 Å². The zero-order valence-corrected chi connectivity index (χ0v) is 58.6. The predicted molar refractivity (Wildman–Crippen MR) is 355 cm³/mol. The molecule has 89 heavy (non-hydrogen) atoms. The first kappa shape index (κ1) is 90.3. The molecule has 0 atom stereocenters. The Kier molecular flexibility index (Phi) is 67.5. The molecule has 4 fully saturated rings. The maximum Gasteiger partial charge on any atom is 0.330 e. The van der Waals surface area contributed by atoms with Crippen molar-refractivity contribution in [1.82, 2.24) is 0 Å². The van der Waals surface area contributed by atoms with Crippen molar-refractivity contribution in [3.63, 3.8) is 0 Å². The highest BCUT2D eigenvalue weighted by Gasteiger charge is 2.36. The molecule has 4 aliphatic heterocycles. The summed E-state index contributed by atoms with van der Waals surface area (Å²) >= 11 is 0. The van der Waals surface area contributed by atoms with Crippen molar-refractivity contribution in [2.24, 2.45) is 21.7 Å². The fraction of sp³-hybridized carbons (Fsp3) is 0.871. The zero-order chi connectivity index (χ0) is 66.7. The van der Waals surface area contributed by atoms with Crippen LogP contribution in [0.3, 0.4) is 0 Å². The summed E-state index contributed by atoms with van der Waals surface area (Å²) in [5.74, 6) is -0.524. The van der Waals surface area contributed by atoms with Crippen LogP contribution in [0.15, 0.2) is 38.0 Å². The van der Waals surface area contributed by atoms with Gasteiger partial charge in [-0.1, -0.05) is 111 Å². The number of rotatable bonds is 50. The van der Waals surface area contributed by atoms with Crippen LogP contribution in [0, 0.1) is 21.7 Å². The van der Waals surface area contributed by atoms with Gasteiger partial charge in [0.15, 0.2) is 0 Å². The summed E-state index contributed by atoms with van der Waals surface area (Å²) in [6, 6.07) is 0. The molecule has 0 aromatic rings. The normalized spacial score (nSPS) is 15.5. The van der Waals surface area contributed by atoms with Crippen LogP contribution < -0.4 is 0 Å². The number of carbonyl (C=O) groups excluding carboxylic acids is 3. The molecule has 0 amide bonds. The summed E-state index contributed by atoms with van der Waals surface area (Å²) in [6.07, 6.45) is 28.8. The molecular weight excluding hydrogens is 1140 g/mol. The second-order valence-corrected chi connectivity index (χ2v) is 24.5. The van der Waals surface area contributed by atoms with Gasteiger partial charge < -0.3 is 75.8 Å². The molecule has 528 valence electrons. The van der Waals surface area contributed by atoms with E-state index in [1.807, 2.05) is 19.1 Å². The highest BCUT2D eigenvalue weighted by Crippen LogP contribution is 2.29. The predicted octanol–water partition coefficient (Wildman–Crippen LogP) is 13.2. The standard InChI is InChI=1S/C12H24O3.2C12H22O3.C10H20O4.C10H18O4.C9H18O.C5H10O/c1-3-13-7-5-4-6-8-14-9-12(2)10-15-11-12;1-3-4-5-6-7-11(13)15-10-12(2)8-14-9-12;1-3-12(13)15-11-9-7-5-4-6-8-10-14-2;1-10(8-14-9-10)7-13-6-5-12-4-3-11-2;1-10(6-13-7-10)8-14-9(11)4-3-5-12-2;1-3-4-5-6-7-8-9-10-2;1-3-4-5-6-2/h3-11H2,1-2H3;3-10H2,1-2H3;3H,1,4-11H2,2H3;3-9H2,1-2H3;3-8H2,1-2H3;3H,1,4-9H2,2H3;3H,1,4-5H2,2H3. The van der Waals surface area contributed by atoms with Crippen LogP contribution in [0.5, 0.6) is 0 Å². The third kappa shape index (κ3) is 63.6. The molecule has 0 N–H and O–H groups in total. The van der Waals surface area contributed by atoms with Crippen molar-refractivity contribution in [2.75, 3.05) is 194 Å². The smallest absolute Gasteiger partial charge is 0.330 e. The molecule has 19 nitrogen and oxygen atoms in total. The lowest BCUT2D eigenvalue weighted by atomic mass is 9.90. The minimum atomic E-state index is -0.324. The quantitative estimate of drug-likeness (QED) is 0.0183. The fourth-order valence-corrected chi connectivity index (χ4v) is 7.95. The van der Waals surface area contributed by atoms with E-state index in [0.717, 1.165) is 157 Å². The fourth-order valence-electron chi connectivity index (χ4n) is 7.95. The molecule has 0 unspecified atom stereocenters. The van der Waals surface area contributed by atoms with Crippen molar-refractivity contribution in [3.8, 4) is 0 Å². The molecule has 4 saturated heterocycles. The van der Waals surface area contributed by atoms with Gasteiger partial charge in [-0.3, -0.25) is 9.59 Å². The van der Waals surface area contributed by atoms with Crippen LogP contribution >= 0.6 is 0 Å². The summed E-state index contributed by atoms with van der Waals surface area (Å²) < 4.78 is 81.5. The first-order chi connectivity index (χ1) is 43.0. The Labute approximate surface area is 542 Å². The monoisotopic (exact) mass is 1280 g/mol. The van der Waals surface area contributed by atoms with Gasteiger partial charge in [0.05, 0.1) is 99.1 Å². The number of ether oxygens (including phenoxy) is 16. The lowest BCUT2D eigenvalue weighted by Gasteiger charge is -2.37. The van der Waals surface area contributed by atoms with Crippen molar-refractivity contribution in [1.29, 1.82) is 0 Å². The molecule has 4 rings (SSSR count). The van der Waals surface area contributed by atoms with Gasteiger partial charge in [0, 0.05) is 122 Å². The number of hydrogen-bond donors (Lipinski definition) is 0. The van der Waals surface area contributed by atoms with E-state index in [4.69, 9.17) is 75.8 Å². The van der Waals surface area contributed by atoms with Gasteiger partial charge in [-0.25, -0.2) is 4.79 Å². The van der Waals surface area contributed by atoms with E-state index in [2.05, 4.69) is 54.4 Å². The van der Waals surface area contributed by atoms with Crippen LogP contribution in [0.25, 0.3) is 0 Å². The average molecular weight is 1280 g/mol. The first-order valence-electron chi connectivity index (χ1n) is 33.4. The van der Waals surface area contributed by atoms with Crippen molar-refractivity contribution >= 4 is 17.9 Å². The zero-order valence-electron chi connectivity index (χ0n) is 58.6. The maximum atomic E-state index is 11.3. The molecule has 19 heteroatoms. The molecule has 0 radical (unpaired) electrons. The number of methoxy groups -OCH3 is 5. The van der Waals surface area contributed by atoms with Gasteiger partial charge in [-0.15, -0.1) is 13.2 Å². The summed E-state index contributed by atoms with van der Waals surface area (Å²) in [5, 5.41) is 0. The minimum Gasteiger partial charge on any atom is -0.465 e. The van der Waals surface area contributed by atoms with Crippen LogP contribution in [-0.2, 0) is 90.2 Å².